The average Bonchev–Trinajstić information content (AvgIpc) is 2.07. The molecule has 0 aromatic heterocycles. The van der Waals surface area contributed by atoms with E-state index in [9.17, 15) is 0 Å². The van der Waals surface area contributed by atoms with Gasteiger partial charge in [-0.25, -0.2) is 0 Å². The van der Waals surface area contributed by atoms with Gasteiger partial charge in [-0.3, -0.25) is 0 Å². The van der Waals surface area contributed by atoms with Crippen molar-refractivity contribution in [2.75, 3.05) is 0 Å². The summed E-state index contributed by atoms with van der Waals surface area (Å²) in [7, 11) is 0. The SMILES string of the molecule is C1#CCCCCCC1.CC.CCC. The lowest BCUT2D eigenvalue weighted by molar-refractivity contribution is 0.652. The van der Waals surface area contributed by atoms with Crippen molar-refractivity contribution in [1.82, 2.24) is 0 Å². The summed E-state index contributed by atoms with van der Waals surface area (Å²) in [5.41, 5.74) is 0. The molecule has 1 rings (SSSR count). The second kappa shape index (κ2) is 17.6. The van der Waals surface area contributed by atoms with Crippen molar-refractivity contribution < 1.29 is 0 Å². The van der Waals surface area contributed by atoms with Crippen LogP contribution in [-0.2, 0) is 0 Å². The highest BCUT2D eigenvalue weighted by atomic mass is 13.9. The van der Waals surface area contributed by atoms with Gasteiger partial charge in [-0.15, -0.1) is 11.8 Å². The van der Waals surface area contributed by atoms with Crippen molar-refractivity contribution in [3.8, 4) is 11.8 Å². The molecule has 0 amide bonds. The van der Waals surface area contributed by atoms with E-state index < -0.39 is 0 Å². The summed E-state index contributed by atoms with van der Waals surface area (Å²) in [6, 6.07) is 0. The van der Waals surface area contributed by atoms with Gasteiger partial charge in [0.25, 0.3) is 0 Å². The Labute approximate surface area is 85.1 Å². The molecule has 0 aliphatic heterocycles. The van der Waals surface area contributed by atoms with Crippen molar-refractivity contribution in [2.24, 2.45) is 0 Å². The lowest BCUT2D eigenvalue weighted by atomic mass is 10.1. The first-order valence-corrected chi connectivity index (χ1v) is 5.87. The molecule has 0 heteroatoms. The molecule has 0 spiro atoms. The summed E-state index contributed by atoms with van der Waals surface area (Å²) in [6.45, 7) is 8.25. The van der Waals surface area contributed by atoms with Gasteiger partial charge in [-0.1, -0.05) is 47.0 Å². The van der Waals surface area contributed by atoms with Gasteiger partial charge in [0.2, 0.25) is 0 Å². The fraction of sp³-hybridized carbons (Fsp3) is 0.846. The zero-order valence-electron chi connectivity index (χ0n) is 9.95. The molecular formula is C13H26. The third kappa shape index (κ3) is 18.5. The molecular weight excluding hydrogens is 156 g/mol. The average molecular weight is 182 g/mol. The lowest BCUT2D eigenvalue weighted by Gasteiger charge is -1.97. The van der Waals surface area contributed by atoms with Crippen LogP contribution in [0.2, 0.25) is 0 Å². The van der Waals surface area contributed by atoms with Gasteiger partial charge in [0.1, 0.15) is 0 Å². The van der Waals surface area contributed by atoms with Crippen LogP contribution in [-0.4, -0.2) is 0 Å². The molecule has 13 heavy (non-hydrogen) atoms. The fourth-order valence-electron chi connectivity index (χ4n) is 0.957. The Bertz CT molecular complexity index is 102. The molecule has 0 unspecified atom stereocenters. The molecule has 78 valence electrons. The summed E-state index contributed by atoms with van der Waals surface area (Å²) < 4.78 is 0. The van der Waals surface area contributed by atoms with Crippen LogP contribution in [0.15, 0.2) is 0 Å². The monoisotopic (exact) mass is 182 g/mol. The van der Waals surface area contributed by atoms with Crippen LogP contribution in [0.4, 0.5) is 0 Å². The van der Waals surface area contributed by atoms with Crippen LogP contribution in [0.25, 0.3) is 0 Å². The second-order valence-electron chi connectivity index (χ2n) is 2.97. The Morgan fingerprint density at radius 2 is 1.08 bits per heavy atom. The highest BCUT2D eigenvalue weighted by Crippen LogP contribution is 2.06. The number of hydrogen-bond donors (Lipinski definition) is 0. The first-order valence-electron chi connectivity index (χ1n) is 5.87. The van der Waals surface area contributed by atoms with Crippen molar-refractivity contribution in [3.05, 3.63) is 0 Å². The van der Waals surface area contributed by atoms with Crippen LogP contribution in [0.1, 0.15) is 72.6 Å². The predicted molar refractivity (Wildman–Crippen MR) is 62.8 cm³/mol. The van der Waals surface area contributed by atoms with Gasteiger partial charge in [-0.2, -0.15) is 0 Å². The van der Waals surface area contributed by atoms with Crippen molar-refractivity contribution in [3.63, 3.8) is 0 Å². The van der Waals surface area contributed by atoms with E-state index in [4.69, 9.17) is 0 Å². The zero-order chi connectivity index (χ0) is 10.4. The molecule has 0 fully saturated rings. The molecule has 1 aliphatic rings. The third-order valence-electron chi connectivity index (χ3n) is 1.48. The molecule has 0 aromatic carbocycles. The largest absolute Gasteiger partial charge is 0.103 e. The smallest absolute Gasteiger partial charge is 0.00886 e. The van der Waals surface area contributed by atoms with Crippen molar-refractivity contribution in [2.45, 2.75) is 72.6 Å². The summed E-state index contributed by atoms with van der Waals surface area (Å²) in [5.74, 6) is 6.27. The lowest BCUT2D eigenvalue weighted by Crippen LogP contribution is -1.80. The highest BCUT2D eigenvalue weighted by Gasteiger charge is 1.89. The van der Waals surface area contributed by atoms with E-state index >= 15 is 0 Å². The Morgan fingerprint density at radius 1 is 0.769 bits per heavy atom. The quantitative estimate of drug-likeness (QED) is 0.473. The van der Waals surface area contributed by atoms with E-state index in [0.29, 0.717) is 0 Å². The summed E-state index contributed by atoms with van der Waals surface area (Å²) in [4.78, 5) is 0. The Kier molecular flexibility index (Phi) is 20.4. The van der Waals surface area contributed by atoms with Crippen LogP contribution in [0, 0.1) is 11.8 Å². The van der Waals surface area contributed by atoms with Gasteiger partial charge >= 0.3 is 0 Å². The van der Waals surface area contributed by atoms with Crippen LogP contribution < -0.4 is 0 Å². The van der Waals surface area contributed by atoms with E-state index in [1.165, 1.54) is 32.1 Å². The second-order valence-corrected chi connectivity index (χ2v) is 2.97. The third-order valence-corrected chi connectivity index (χ3v) is 1.48. The molecule has 0 N–H and O–H groups in total. The maximum absolute atomic E-state index is 3.14. The van der Waals surface area contributed by atoms with Crippen LogP contribution in [0.5, 0.6) is 0 Å². The standard InChI is InChI=1S/C8H12.C3H8.C2H6/c1-2-4-6-8-7-5-3-1;1-3-2;1-2/h1-6H2;3H2,1-2H3;1-2H3. The maximum Gasteiger partial charge on any atom is 0.00886 e. The molecule has 0 nitrogen and oxygen atoms in total. The maximum atomic E-state index is 3.14. The van der Waals surface area contributed by atoms with E-state index in [1.807, 2.05) is 13.8 Å². The molecule has 0 aromatic rings. The molecule has 0 bridgehead atoms. The zero-order valence-corrected chi connectivity index (χ0v) is 9.95. The molecule has 0 heterocycles. The fourth-order valence-corrected chi connectivity index (χ4v) is 0.957. The van der Waals surface area contributed by atoms with E-state index in [2.05, 4.69) is 25.7 Å². The molecule has 0 saturated carbocycles. The summed E-state index contributed by atoms with van der Waals surface area (Å²) in [6.07, 6.45) is 8.98. The summed E-state index contributed by atoms with van der Waals surface area (Å²) >= 11 is 0. The topological polar surface area (TPSA) is 0 Å². The molecule has 0 radical (unpaired) electrons. The highest BCUT2D eigenvalue weighted by molar-refractivity contribution is 4.99. The van der Waals surface area contributed by atoms with E-state index in [0.717, 1.165) is 12.8 Å². The van der Waals surface area contributed by atoms with Crippen molar-refractivity contribution in [1.29, 1.82) is 0 Å². The minimum atomic E-state index is 1.14. The van der Waals surface area contributed by atoms with Gasteiger partial charge in [-0.05, 0) is 12.8 Å². The Balaban J connectivity index is 0. The van der Waals surface area contributed by atoms with Gasteiger partial charge in [0.15, 0.2) is 0 Å². The minimum Gasteiger partial charge on any atom is -0.103 e. The van der Waals surface area contributed by atoms with E-state index in [1.54, 1.807) is 0 Å². The van der Waals surface area contributed by atoms with Gasteiger partial charge < -0.3 is 0 Å². The predicted octanol–water partition coefficient (Wildman–Crippen LogP) is 4.79. The summed E-state index contributed by atoms with van der Waals surface area (Å²) in [5, 5.41) is 0. The first kappa shape index (κ1) is 15.1. The number of hydrogen-bond acceptors (Lipinski definition) is 0. The van der Waals surface area contributed by atoms with Gasteiger partial charge in [0, 0.05) is 12.8 Å². The molecule has 0 saturated heterocycles. The van der Waals surface area contributed by atoms with Crippen LogP contribution in [0.3, 0.4) is 0 Å². The molecule has 0 atom stereocenters. The van der Waals surface area contributed by atoms with E-state index in [-0.39, 0.29) is 0 Å². The van der Waals surface area contributed by atoms with Crippen molar-refractivity contribution >= 4 is 0 Å². The number of rotatable bonds is 0. The normalized spacial score (nSPS) is 14.2. The van der Waals surface area contributed by atoms with Crippen LogP contribution >= 0.6 is 0 Å². The Morgan fingerprint density at radius 3 is 1.38 bits per heavy atom. The molecule has 1 aliphatic carbocycles. The minimum absolute atomic E-state index is 1.14. The first-order chi connectivity index (χ1) is 6.41. The van der Waals surface area contributed by atoms with Gasteiger partial charge in [0.05, 0.1) is 0 Å². The Hall–Kier alpha value is -0.440.